The second kappa shape index (κ2) is 26.9. The number of rotatable bonds is 28. The minimum atomic E-state index is -1.98. The van der Waals surface area contributed by atoms with Gasteiger partial charge in [-0.3, -0.25) is 52.9 Å². The van der Waals surface area contributed by atoms with Crippen LogP contribution in [0.25, 0.3) is 0 Å². The van der Waals surface area contributed by atoms with Gasteiger partial charge in [-0.05, 0) is 33.1 Å². The molecule has 0 heterocycles. The van der Waals surface area contributed by atoms with Crippen LogP contribution in [0.1, 0.15) is 52.4 Å². The Labute approximate surface area is 348 Å². The van der Waals surface area contributed by atoms with Crippen LogP contribution in [-0.2, 0) is 52.7 Å². The fraction of sp³-hybridized carbons (Fsp3) is 0.613. The molecule has 0 aliphatic carbocycles. The second-order valence-corrected chi connectivity index (χ2v) is 13.5. The smallest absolute Gasteiger partial charge is 0.327 e. The maximum absolute atomic E-state index is 13.5. The molecule has 8 atom stereocenters. The summed E-state index contributed by atoms with van der Waals surface area (Å²) in [6, 6.07) is -12.2. The zero-order valence-electron chi connectivity index (χ0n) is 32.1. The van der Waals surface area contributed by atoms with Crippen molar-refractivity contribution in [3.8, 4) is 0 Å². The van der Waals surface area contributed by atoms with Crippen LogP contribution in [0.3, 0.4) is 0 Å². The van der Waals surface area contributed by atoms with Gasteiger partial charge in [-0.2, -0.15) is 25.3 Å². The van der Waals surface area contributed by atoms with Crippen molar-refractivity contribution in [1.82, 2.24) is 37.2 Å². The number of primary amides is 2. The van der Waals surface area contributed by atoms with Crippen molar-refractivity contribution in [2.45, 2.75) is 101 Å². The molecule has 9 amide bonds. The van der Waals surface area contributed by atoms with Crippen LogP contribution in [0, 0.1) is 0 Å². The topological polar surface area (TPSA) is 455 Å². The molecule has 19 N–H and O–H groups in total. The van der Waals surface area contributed by atoms with Crippen molar-refractivity contribution in [3.05, 3.63) is 0 Å². The van der Waals surface area contributed by atoms with Gasteiger partial charge in [0.2, 0.25) is 53.2 Å². The number of aliphatic imine (C=N–C) groups is 1. The number of carbonyl (C=O) groups is 11. The Morgan fingerprint density at radius 1 is 0.542 bits per heavy atom. The molecular weight excluding hydrogens is 827 g/mol. The number of nitrogens with zero attached hydrogens (tertiary/aromatic N) is 1. The van der Waals surface area contributed by atoms with Crippen LogP contribution in [0.5, 0.6) is 0 Å². The normalized spacial score (nSPS) is 14.7. The van der Waals surface area contributed by atoms with Crippen molar-refractivity contribution in [3.63, 3.8) is 0 Å². The van der Waals surface area contributed by atoms with Crippen LogP contribution in [0.4, 0.5) is 0 Å². The van der Waals surface area contributed by atoms with E-state index in [4.69, 9.17) is 33.8 Å². The number of carboxylic acids is 2. The maximum Gasteiger partial charge on any atom is 0.327 e. The van der Waals surface area contributed by atoms with E-state index in [9.17, 15) is 57.8 Å². The van der Waals surface area contributed by atoms with E-state index in [0.717, 1.165) is 0 Å². The van der Waals surface area contributed by atoms with Gasteiger partial charge in [0.15, 0.2) is 5.96 Å². The van der Waals surface area contributed by atoms with Gasteiger partial charge in [-0.15, -0.1) is 0 Å². The molecule has 0 aromatic rings. The minimum Gasteiger partial charge on any atom is -0.481 e. The number of aliphatic carboxylic acids is 2. The van der Waals surface area contributed by atoms with Crippen molar-refractivity contribution in [2.75, 3.05) is 18.1 Å². The number of nitrogens with two attached hydrogens (primary N) is 5. The van der Waals surface area contributed by atoms with E-state index in [0.29, 0.717) is 0 Å². The van der Waals surface area contributed by atoms with Crippen LogP contribution in [-0.4, -0.2) is 148 Å². The van der Waals surface area contributed by atoms with E-state index in [-0.39, 0.29) is 36.9 Å². The van der Waals surface area contributed by atoms with E-state index in [1.54, 1.807) is 0 Å². The Hall–Kier alpha value is -5.90. The molecule has 0 fully saturated rings. The highest BCUT2D eigenvalue weighted by atomic mass is 32.1. The zero-order valence-corrected chi connectivity index (χ0v) is 33.9. The highest BCUT2D eigenvalue weighted by molar-refractivity contribution is 7.80. The lowest BCUT2D eigenvalue weighted by molar-refractivity contribution is -0.142. The van der Waals surface area contributed by atoms with Gasteiger partial charge in [0.05, 0.1) is 18.9 Å². The summed E-state index contributed by atoms with van der Waals surface area (Å²) in [5.74, 6) is -13.2. The summed E-state index contributed by atoms with van der Waals surface area (Å²) in [7, 11) is 0. The van der Waals surface area contributed by atoms with Gasteiger partial charge in [-0.1, -0.05) is 0 Å². The first-order valence-corrected chi connectivity index (χ1v) is 18.9. The summed E-state index contributed by atoms with van der Waals surface area (Å²) >= 11 is 7.75. The molecule has 0 rings (SSSR count). The Morgan fingerprint density at radius 3 is 1.41 bits per heavy atom. The van der Waals surface area contributed by atoms with Crippen LogP contribution in [0.2, 0.25) is 0 Å². The van der Waals surface area contributed by atoms with Crippen molar-refractivity contribution in [1.29, 1.82) is 0 Å². The molecule has 0 aliphatic rings. The molecule has 0 aromatic heterocycles. The average Bonchev–Trinajstić information content (AvgIpc) is 3.14. The first kappa shape index (κ1) is 53.1. The number of nitrogens with one attached hydrogen (secondary N) is 7. The standard InChI is InChI=1S/C31H53N13O13S2/c1-12(38-25(51)14(32)10-58)23(49)40-15(4-3-7-37-31(35)36)27(53)43-18(9-22(47)48)29(55)42-17(8-21(34)46)28(54)41-16(5-6-20(33)45)26(52)39-13(2)24(50)44-19(11-59)30(56)57/h12-19,58-59H,3-11,32H2,1-2H3,(H2,33,45)(H2,34,46)(H,38,51)(H,39,52)(H,40,49)(H,41,54)(H,42,55)(H,43,53)(H,44,50)(H,47,48)(H,56,57)(H4,35,36,37)/t12-,13-,14-,15-,16-,17-,18-,19-/m0/s1. The second-order valence-electron chi connectivity index (χ2n) is 12.8. The van der Waals surface area contributed by atoms with Crippen molar-refractivity contribution >= 4 is 96.3 Å². The minimum absolute atomic E-state index is 0.0279. The average molecular weight is 880 g/mol. The Balaban J connectivity index is 6.35. The molecule has 0 saturated carbocycles. The highest BCUT2D eigenvalue weighted by Crippen LogP contribution is 2.06. The number of thiol groups is 2. The van der Waals surface area contributed by atoms with E-state index in [1.165, 1.54) is 13.8 Å². The van der Waals surface area contributed by atoms with Crippen LogP contribution < -0.4 is 65.9 Å². The molecule has 28 heteroatoms. The van der Waals surface area contributed by atoms with Crippen molar-refractivity contribution in [2.24, 2.45) is 33.7 Å². The molecule has 0 spiro atoms. The molecular formula is C31H53N13O13S2. The largest absolute Gasteiger partial charge is 0.481 e. The Bertz CT molecular complexity index is 1600. The fourth-order valence-electron chi connectivity index (χ4n) is 4.57. The molecule has 332 valence electrons. The lowest BCUT2D eigenvalue weighted by Crippen LogP contribution is -2.60. The van der Waals surface area contributed by atoms with E-state index < -0.39 is 139 Å². The molecule has 0 saturated heterocycles. The number of carboxylic acid groups (broad SMARTS) is 2. The molecule has 0 aliphatic heterocycles. The predicted molar refractivity (Wildman–Crippen MR) is 213 cm³/mol. The van der Waals surface area contributed by atoms with Crippen LogP contribution in [0.15, 0.2) is 4.99 Å². The predicted octanol–water partition coefficient (Wildman–Crippen LogP) is -7.64. The summed E-state index contributed by atoms with van der Waals surface area (Å²) in [5, 5.41) is 34.2. The molecule has 0 radical (unpaired) electrons. The van der Waals surface area contributed by atoms with Crippen molar-refractivity contribution < 1.29 is 63.0 Å². The number of amides is 9. The summed E-state index contributed by atoms with van der Waals surface area (Å²) in [4.78, 5) is 142. The first-order chi connectivity index (χ1) is 27.4. The SMILES string of the molecule is C[C@H](NC(=O)[C@H](CCC(N)=O)NC(=O)[C@H](CC(N)=O)NC(=O)[C@H](CC(=O)O)NC(=O)[C@H](CCCN=C(N)N)NC(=O)[C@H](C)NC(=O)[C@@H](N)CS)C(=O)N[C@@H](CS)C(=O)O. The number of guanidine groups is 1. The molecule has 59 heavy (non-hydrogen) atoms. The summed E-state index contributed by atoms with van der Waals surface area (Å²) in [6.45, 7) is 2.42. The molecule has 26 nitrogen and oxygen atoms in total. The summed E-state index contributed by atoms with van der Waals surface area (Å²) < 4.78 is 0. The number of hydrogen-bond donors (Lipinski definition) is 16. The van der Waals surface area contributed by atoms with Gasteiger partial charge in [0.25, 0.3) is 0 Å². The van der Waals surface area contributed by atoms with Gasteiger partial charge < -0.3 is 76.1 Å². The molecule has 0 aromatic carbocycles. The maximum atomic E-state index is 13.5. The third kappa shape index (κ3) is 21.4. The number of carbonyl (C=O) groups excluding carboxylic acids is 9. The summed E-state index contributed by atoms with van der Waals surface area (Å²) in [6.07, 6.45) is -3.17. The fourth-order valence-corrected chi connectivity index (χ4v) is 4.98. The third-order valence-corrected chi connectivity index (χ3v) is 8.53. The lowest BCUT2D eigenvalue weighted by Gasteiger charge is -2.26. The first-order valence-electron chi connectivity index (χ1n) is 17.6. The lowest BCUT2D eigenvalue weighted by atomic mass is 10.1. The van der Waals surface area contributed by atoms with E-state index >= 15 is 0 Å². The Kier molecular flexibility index (Phi) is 24.2. The van der Waals surface area contributed by atoms with E-state index in [2.05, 4.69) is 67.5 Å². The summed E-state index contributed by atoms with van der Waals surface area (Å²) in [5.41, 5.74) is 26.7. The van der Waals surface area contributed by atoms with Gasteiger partial charge in [0, 0.05) is 24.5 Å². The van der Waals surface area contributed by atoms with Gasteiger partial charge in [0.1, 0.15) is 42.3 Å². The molecule has 0 bridgehead atoms. The highest BCUT2D eigenvalue weighted by Gasteiger charge is 2.34. The third-order valence-electron chi connectivity index (χ3n) is 7.78. The van der Waals surface area contributed by atoms with Gasteiger partial charge >= 0.3 is 11.9 Å². The zero-order chi connectivity index (χ0) is 45.6. The number of hydrogen-bond acceptors (Lipinski definition) is 15. The Morgan fingerprint density at radius 2 is 0.966 bits per heavy atom. The van der Waals surface area contributed by atoms with E-state index in [1.807, 2.05) is 0 Å². The molecule has 0 unspecified atom stereocenters. The van der Waals surface area contributed by atoms with Gasteiger partial charge in [-0.25, -0.2) is 4.79 Å². The quantitative estimate of drug-likeness (QED) is 0.0150. The monoisotopic (exact) mass is 879 g/mol. The van der Waals surface area contributed by atoms with Crippen LogP contribution >= 0.6 is 25.3 Å².